The van der Waals surface area contributed by atoms with E-state index in [1.54, 1.807) is 18.2 Å². The second-order valence-corrected chi connectivity index (χ2v) is 14.5. The molecule has 0 amide bonds. The second kappa shape index (κ2) is 10.8. The molecule has 0 bridgehead atoms. The predicted molar refractivity (Wildman–Crippen MR) is 159 cm³/mol. The summed E-state index contributed by atoms with van der Waals surface area (Å²) >= 11 is 0. The van der Waals surface area contributed by atoms with Crippen LogP contribution in [-0.4, -0.2) is 23.3 Å². The Hall–Kier alpha value is -2.01. The third kappa shape index (κ3) is 5.13. The van der Waals surface area contributed by atoms with Crippen molar-refractivity contribution in [2.45, 2.75) is 111 Å². The molecule has 1 aromatic rings. The highest BCUT2D eigenvalue weighted by Crippen LogP contribution is 2.67. The van der Waals surface area contributed by atoms with E-state index in [0.717, 1.165) is 30.1 Å². The minimum atomic E-state index is -0.485. The molecular weight excluding hydrogens is 484 g/mol. The van der Waals surface area contributed by atoms with E-state index >= 15 is 0 Å². The summed E-state index contributed by atoms with van der Waals surface area (Å²) in [7, 11) is 0. The van der Waals surface area contributed by atoms with Gasteiger partial charge in [0, 0.05) is 23.2 Å². The molecule has 0 saturated heterocycles. The number of benzene rings is 1. The number of aliphatic hydroxyl groups excluding tert-OH is 1. The van der Waals surface area contributed by atoms with Gasteiger partial charge in [0.25, 0.3) is 0 Å². The summed E-state index contributed by atoms with van der Waals surface area (Å²) in [5, 5.41) is 10.8. The summed E-state index contributed by atoms with van der Waals surface area (Å²) in [4.78, 5) is 13.3. The first-order valence-electron chi connectivity index (χ1n) is 15.7. The fourth-order valence-electron chi connectivity index (χ4n) is 9.86. The molecule has 0 heterocycles. The smallest absolute Gasteiger partial charge is 0.338 e. The van der Waals surface area contributed by atoms with Gasteiger partial charge in [0.1, 0.15) is 6.10 Å². The van der Waals surface area contributed by atoms with Crippen LogP contribution in [0.1, 0.15) is 109 Å². The van der Waals surface area contributed by atoms with Gasteiger partial charge in [-0.3, -0.25) is 0 Å². The zero-order valence-corrected chi connectivity index (χ0v) is 24.9. The molecule has 216 valence electrons. The Balaban J connectivity index is 1.37. The van der Waals surface area contributed by atoms with Crippen molar-refractivity contribution in [2.75, 3.05) is 11.5 Å². The summed E-state index contributed by atoms with van der Waals surface area (Å²) in [6, 6.07) is 4.91. The molecule has 1 aromatic carbocycles. The standard InChI is InChI=1S/C34H52N2O3/c1-20(2)7-6-8-21(3)28-11-12-29-27-10-9-23-17-26(37)19-31(34(23,5)30(27)13-14-33(28,29)4)39-32(38)22-15-24(35)18-25(36)16-22/h9,15-16,18,20-21,26-31,37H,6-8,10-14,17,19,35-36H2,1-5H3/t21-,26+,27+,28-,29+,30+,31?,33-,34+/m1/s1. The zero-order valence-electron chi connectivity index (χ0n) is 24.9. The van der Waals surface area contributed by atoms with E-state index in [1.807, 2.05) is 0 Å². The molecule has 4 aliphatic carbocycles. The van der Waals surface area contributed by atoms with Gasteiger partial charge in [-0.2, -0.15) is 0 Å². The van der Waals surface area contributed by atoms with Gasteiger partial charge in [-0.15, -0.1) is 0 Å². The maximum Gasteiger partial charge on any atom is 0.338 e. The number of nitrogens with two attached hydrogens (primary N) is 2. The average Bonchev–Trinajstić information content (AvgIpc) is 3.21. The number of allylic oxidation sites excluding steroid dienone is 1. The lowest BCUT2D eigenvalue weighted by Gasteiger charge is -2.60. The predicted octanol–water partition coefficient (Wildman–Crippen LogP) is 7.39. The minimum absolute atomic E-state index is 0.244. The number of rotatable bonds is 7. The van der Waals surface area contributed by atoms with Gasteiger partial charge in [0.15, 0.2) is 0 Å². The maximum atomic E-state index is 13.3. The number of hydrogen-bond donors (Lipinski definition) is 3. The van der Waals surface area contributed by atoms with Crippen LogP contribution in [0.15, 0.2) is 29.8 Å². The van der Waals surface area contributed by atoms with E-state index in [2.05, 4.69) is 40.7 Å². The van der Waals surface area contributed by atoms with Gasteiger partial charge in [-0.1, -0.05) is 65.5 Å². The fourth-order valence-corrected chi connectivity index (χ4v) is 9.86. The summed E-state index contributed by atoms with van der Waals surface area (Å²) < 4.78 is 6.29. The lowest BCUT2D eigenvalue weighted by Crippen LogP contribution is -2.56. The van der Waals surface area contributed by atoms with E-state index < -0.39 is 12.1 Å². The highest BCUT2D eigenvalue weighted by atomic mass is 16.5. The van der Waals surface area contributed by atoms with E-state index in [4.69, 9.17) is 16.2 Å². The maximum absolute atomic E-state index is 13.3. The number of aliphatic hydroxyl groups is 1. The van der Waals surface area contributed by atoms with E-state index in [0.29, 0.717) is 47.0 Å². The van der Waals surface area contributed by atoms with Crippen LogP contribution in [0.5, 0.6) is 0 Å². The van der Waals surface area contributed by atoms with E-state index in [9.17, 15) is 9.90 Å². The number of fused-ring (bicyclic) bond motifs is 5. The SMILES string of the molecule is CC(C)CCC[C@@H](C)[C@H]1CC[C@H]2[C@@H]3CC=C4C[C@H](O)CC(OC(=O)c5cc(N)cc(N)c5)[C@]4(C)[C@H]3CC[C@]12C. The number of hydrogen-bond acceptors (Lipinski definition) is 5. The zero-order chi connectivity index (χ0) is 28.1. The second-order valence-electron chi connectivity index (χ2n) is 14.5. The lowest BCUT2D eigenvalue weighted by molar-refractivity contribution is -0.113. The number of nitrogen functional groups attached to an aromatic ring is 2. The number of anilines is 2. The van der Waals surface area contributed by atoms with Gasteiger partial charge < -0.3 is 21.3 Å². The number of carbonyl (C=O) groups excluding carboxylic acids is 1. The van der Waals surface area contributed by atoms with Crippen molar-refractivity contribution in [3.63, 3.8) is 0 Å². The van der Waals surface area contributed by atoms with Crippen LogP contribution in [-0.2, 0) is 4.74 Å². The number of ether oxygens (including phenoxy) is 1. The van der Waals surface area contributed by atoms with Crippen molar-refractivity contribution in [1.82, 2.24) is 0 Å². The Morgan fingerprint density at radius 2 is 1.77 bits per heavy atom. The first-order chi connectivity index (χ1) is 18.4. The Kier molecular flexibility index (Phi) is 7.87. The summed E-state index contributed by atoms with van der Waals surface area (Å²) in [5.41, 5.74) is 14.7. The Labute approximate surface area is 236 Å². The van der Waals surface area contributed by atoms with Crippen LogP contribution in [0.3, 0.4) is 0 Å². The Bertz CT molecular complexity index is 1080. The normalized spacial score (nSPS) is 38.4. The molecule has 0 radical (unpaired) electrons. The molecule has 3 fully saturated rings. The van der Waals surface area contributed by atoms with Crippen LogP contribution >= 0.6 is 0 Å². The van der Waals surface area contributed by atoms with Crippen LogP contribution in [0.25, 0.3) is 0 Å². The quantitative estimate of drug-likeness (QED) is 0.192. The van der Waals surface area contributed by atoms with Crippen molar-refractivity contribution in [2.24, 2.45) is 46.3 Å². The molecule has 5 nitrogen and oxygen atoms in total. The highest BCUT2D eigenvalue weighted by molar-refractivity contribution is 5.92. The van der Waals surface area contributed by atoms with Gasteiger partial charge in [0.05, 0.1) is 11.7 Å². The molecule has 0 spiro atoms. The molecule has 5 N–H and O–H groups in total. The van der Waals surface area contributed by atoms with Crippen molar-refractivity contribution in [1.29, 1.82) is 0 Å². The fraction of sp³-hybridized carbons (Fsp3) is 0.735. The molecule has 1 unspecified atom stereocenters. The molecule has 3 saturated carbocycles. The molecule has 0 aliphatic heterocycles. The van der Waals surface area contributed by atoms with Gasteiger partial charge >= 0.3 is 5.97 Å². The van der Waals surface area contributed by atoms with Gasteiger partial charge in [-0.05, 0) is 97.6 Å². The summed E-state index contributed by atoms with van der Waals surface area (Å²) in [6.07, 6.45) is 13.0. The van der Waals surface area contributed by atoms with E-state index in [-0.39, 0.29) is 11.5 Å². The van der Waals surface area contributed by atoms with Crippen molar-refractivity contribution < 1.29 is 14.6 Å². The van der Waals surface area contributed by atoms with Crippen LogP contribution in [0, 0.1) is 46.3 Å². The molecule has 5 rings (SSSR count). The molecule has 0 aromatic heterocycles. The first-order valence-corrected chi connectivity index (χ1v) is 15.7. The van der Waals surface area contributed by atoms with E-state index in [1.165, 1.54) is 50.5 Å². The molecule has 5 heteroatoms. The minimum Gasteiger partial charge on any atom is -0.458 e. The van der Waals surface area contributed by atoms with Crippen LogP contribution in [0.4, 0.5) is 11.4 Å². The van der Waals surface area contributed by atoms with Crippen molar-refractivity contribution in [3.05, 3.63) is 35.4 Å². The Morgan fingerprint density at radius 1 is 1.05 bits per heavy atom. The van der Waals surface area contributed by atoms with Crippen molar-refractivity contribution >= 4 is 17.3 Å². The molecular formula is C34H52N2O3. The molecule has 4 aliphatic rings. The number of esters is 1. The lowest BCUT2D eigenvalue weighted by atomic mass is 9.46. The van der Waals surface area contributed by atoms with Gasteiger partial charge in [0.2, 0.25) is 0 Å². The largest absolute Gasteiger partial charge is 0.458 e. The van der Waals surface area contributed by atoms with Crippen LogP contribution < -0.4 is 11.5 Å². The average molecular weight is 537 g/mol. The van der Waals surface area contributed by atoms with Gasteiger partial charge in [-0.25, -0.2) is 4.79 Å². The molecule has 39 heavy (non-hydrogen) atoms. The monoisotopic (exact) mass is 536 g/mol. The summed E-state index contributed by atoms with van der Waals surface area (Å²) in [6.45, 7) is 12.1. The topological polar surface area (TPSA) is 98.6 Å². The van der Waals surface area contributed by atoms with Crippen molar-refractivity contribution in [3.8, 4) is 0 Å². The highest BCUT2D eigenvalue weighted by Gasteiger charge is 2.61. The summed E-state index contributed by atoms with van der Waals surface area (Å²) in [5.74, 6) is 3.80. The molecule has 9 atom stereocenters. The van der Waals surface area contributed by atoms with Crippen LogP contribution in [0.2, 0.25) is 0 Å². The number of carbonyl (C=O) groups is 1. The Morgan fingerprint density at radius 3 is 2.46 bits per heavy atom. The third-order valence-corrected chi connectivity index (χ3v) is 11.8. The third-order valence-electron chi connectivity index (χ3n) is 11.8. The first kappa shape index (κ1) is 28.5.